The Bertz CT molecular complexity index is 827. The van der Waals surface area contributed by atoms with Crippen LogP contribution in [0.4, 0.5) is 0 Å². The zero-order valence-electron chi connectivity index (χ0n) is 13.7. The van der Waals surface area contributed by atoms with Crippen molar-refractivity contribution in [3.8, 4) is 23.0 Å². The van der Waals surface area contributed by atoms with Gasteiger partial charge >= 0.3 is 0 Å². The fraction of sp³-hybridized carbons (Fsp3) is 0.211. The van der Waals surface area contributed by atoms with Gasteiger partial charge in [-0.1, -0.05) is 6.08 Å². The number of hydrogen-bond acceptors (Lipinski definition) is 6. The fourth-order valence-corrected chi connectivity index (χ4v) is 2.50. The van der Waals surface area contributed by atoms with Crippen LogP contribution in [0.2, 0.25) is 0 Å². The zero-order valence-corrected chi connectivity index (χ0v) is 13.7. The minimum Gasteiger partial charge on any atom is -0.508 e. The number of aliphatic hydroxyl groups excluding tert-OH is 1. The summed E-state index contributed by atoms with van der Waals surface area (Å²) < 4.78 is 0. The highest BCUT2D eigenvalue weighted by Gasteiger charge is 2.27. The third kappa shape index (κ3) is 3.59. The van der Waals surface area contributed by atoms with Crippen LogP contribution < -0.4 is 0 Å². The number of carbonyl (C=O) groups is 1. The molecule has 2 aromatic carbocycles. The minimum absolute atomic E-state index is 0.000431. The van der Waals surface area contributed by atoms with Crippen molar-refractivity contribution in [1.82, 2.24) is 0 Å². The average molecular weight is 344 g/mol. The maximum Gasteiger partial charge on any atom is 0.171 e. The highest BCUT2D eigenvalue weighted by Crippen LogP contribution is 2.37. The number of Topliss-reactive ketones (excluding diaryl/α,β-unsaturated/α-hetero) is 1. The average Bonchev–Trinajstić information content (AvgIpc) is 2.56. The van der Waals surface area contributed by atoms with Gasteiger partial charge in [0, 0.05) is 35.1 Å². The molecule has 1 atom stereocenters. The molecule has 2 rings (SSSR count). The van der Waals surface area contributed by atoms with Crippen molar-refractivity contribution in [3.63, 3.8) is 0 Å². The fourth-order valence-electron chi connectivity index (χ4n) is 2.50. The van der Waals surface area contributed by atoms with Gasteiger partial charge in [0.05, 0.1) is 12.2 Å². The van der Waals surface area contributed by atoms with Crippen LogP contribution >= 0.6 is 0 Å². The van der Waals surface area contributed by atoms with Crippen molar-refractivity contribution in [3.05, 3.63) is 59.7 Å². The Labute approximate surface area is 144 Å². The molecule has 0 aliphatic heterocycles. The third-order valence-electron chi connectivity index (χ3n) is 4.22. The van der Waals surface area contributed by atoms with Crippen molar-refractivity contribution >= 4 is 5.78 Å². The van der Waals surface area contributed by atoms with Crippen LogP contribution in [-0.4, -0.2) is 37.9 Å². The van der Waals surface area contributed by atoms with E-state index < -0.39 is 11.2 Å². The van der Waals surface area contributed by atoms with Gasteiger partial charge in [-0.25, -0.2) is 0 Å². The molecule has 0 radical (unpaired) electrons. The maximum atomic E-state index is 12.4. The molecule has 0 fully saturated rings. The second kappa shape index (κ2) is 6.86. The molecule has 6 nitrogen and oxygen atoms in total. The summed E-state index contributed by atoms with van der Waals surface area (Å²) in [5, 5.41) is 48.8. The lowest BCUT2D eigenvalue weighted by Gasteiger charge is -2.25. The van der Waals surface area contributed by atoms with Gasteiger partial charge in [0.15, 0.2) is 5.78 Å². The number of benzene rings is 2. The molecule has 0 heterocycles. The van der Waals surface area contributed by atoms with E-state index in [0.717, 1.165) is 12.1 Å². The number of phenols is 4. The smallest absolute Gasteiger partial charge is 0.171 e. The summed E-state index contributed by atoms with van der Waals surface area (Å²) >= 11 is 0. The van der Waals surface area contributed by atoms with Gasteiger partial charge in [-0.2, -0.15) is 0 Å². The number of carbonyl (C=O) groups excluding carboxylic acids is 1. The normalized spacial score (nSPS) is 13.2. The van der Waals surface area contributed by atoms with Crippen molar-refractivity contribution in [2.24, 2.45) is 0 Å². The third-order valence-corrected chi connectivity index (χ3v) is 4.22. The van der Waals surface area contributed by atoms with Crippen LogP contribution in [0.15, 0.2) is 43.0 Å². The second-order valence-corrected chi connectivity index (χ2v) is 6.08. The minimum atomic E-state index is -0.948. The van der Waals surface area contributed by atoms with E-state index >= 15 is 0 Å². The monoisotopic (exact) mass is 344 g/mol. The van der Waals surface area contributed by atoms with E-state index in [9.17, 15) is 30.3 Å². The zero-order chi connectivity index (χ0) is 18.8. The number of ketones is 1. The summed E-state index contributed by atoms with van der Waals surface area (Å²) in [6.07, 6.45) is 1.23. The van der Waals surface area contributed by atoms with E-state index in [1.165, 1.54) is 24.3 Å². The van der Waals surface area contributed by atoms with E-state index in [2.05, 4.69) is 6.58 Å². The molecular weight excluding hydrogens is 324 g/mol. The molecule has 0 aliphatic carbocycles. The van der Waals surface area contributed by atoms with E-state index in [1.54, 1.807) is 6.92 Å². The molecule has 2 aromatic rings. The lowest BCUT2D eigenvalue weighted by atomic mass is 9.81. The van der Waals surface area contributed by atoms with Crippen molar-refractivity contribution in [2.45, 2.75) is 18.8 Å². The van der Waals surface area contributed by atoms with Gasteiger partial charge in [-0.05, 0) is 25.1 Å². The molecule has 0 bridgehead atoms. The summed E-state index contributed by atoms with van der Waals surface area (Å²) in [6.45, 7) is 4.98. The lowest BCUT2D eigenvalue weighted by Crippen LogP contribution is -2.24. The van der Waals surface area contributed by atoms with Crippen molar-refractivity contribution < 1.29 is 30.3 Å². The van der Waals surface area contributed by atoms with Gasteiger partial charge in [-0.15, -0.1) is 6.58 Å². The Kier molecular flexibility index (Phi) is 5.04. The molecule has 0 unspecified atom stereocenters. The Hall–Kier alpha value is -2.99. The second-order valence-electron chi connectivity index (χ2n) is 6.08. The SMILES string of the molecule is C=C[C@](C)(CO)c1cc(CC(=O)c2ccc(O)cc2O)c(O)cc1O. The van der Waals surface area contributed by atoms with Crippen LogP contribution in [-0.2, 0) is 11.8 Å². The Balaban J connectivity index is 2.42. The predicted octanol–water partition coefficient (Wildman–Crippen LogP) is 2.37. The maximum absolute atomic E-state index is 12.4. The molecule has 0 saturated carbocycles. The Morgan fingerprint density at radius 3 is 2.32 bits per heavy atom. The molecule has 25 heavy (non-hydrogen) atoms. The summed E-state index contributed by atoms with van der Waals surface area (Å²) in [5.74, 6) is -1.52. The van der Waals surface area contributed by atoms with Crippen LogP contribution in [0.3, 0.4) is 0 Å². The standard InChI is InChI=1S/C19H20O6/c1-3-19(2,10-20)14-6-11(15(22)9-18(14)25)7-16(23)13-5-4-12(21)8-17(13)24/h3-6,8-9,20-22,24-25H,1,7,10H2,2H3/t19-/m1/s1. The number of aliphatic hydroxyl groups is 1. The Morgan fingerprint density at radius 2 is 1.76 bits per heavy atom. The van der Waals surface area contributed by atoms with E-state index in [4.69, 9.17) is 0 Å². The molecule has 5 N–H and O–H groups in total. The summed E-state index contributed by atoms with van der Waals surface area (Å²) in [4.78, 5) is 12.4. The molecule has 132 valence electrons. The topological polar surface area (TPSA) is 118 Å². The lowest BCUT2D eigenvalue weighted by molar-refractivity contribution is 0.0989. The van der Waals surface area contributed by atoms with Gasteiger partial charge < -0.3 is 25.5 Å². The highest BCUT2D eigenvalue weighted by molar-refractivity contribution is 6.00. The van der Waals surface area contributed by atoms with E-state index in [1.807, 2.05) is 0 Å². The van der Waals surface area contributed by atoms with E-state index in [0.29, 0.717) is 5.56 Å². The Morgan fingerprint density at radius 1 is 1.08 bits per heavy atom. The largest absolute Gasteiger partial charge is 0.508 e. The van der Waals surface area contributed by atoms with Crippen molar-refractivity contribution in [1.29, 1.82) is 0 Å². The first-order chi connectivity index (χ1) is 11.7. The molecule has 0 saturated heterocycles. The molecule has 0 spiro atoms. The number of hydrogen-bond donors (Lipinski definition) is 5. The van der Waals surface area contributed by atoms with E-state index in [-0.39, 0.29) is 47.2 Å². The molecular formula is C19H20O6. The molecule has 0 aromatic heterocycles. The van der Waals surface area contributed by atoms with Gasteiger partial charge in [0.1, 0.15) is 23.0 Å². The van der Waals surface area contributed by atoms with Crippen molar-refractivity contribution in [2.75, 3.05) is 6.61 Å². The molecule has 0 aliphatic rings. The van der Waals surface area contributed by atoms with Crippen LogP contribution in [0.1, 0.15) is 28.4 Å². The quantitative estimate of drug-likeness (QED) is 0.405. The number of aromatic hydroxyl groups is 4. The summed E-state index contributed by atoms with van der Waals surface area (Å²) in [6, 6.07) is 6.14. The summed E-state index contributed by atoms with van der Waals surface area (Å²) in [7, 11) is 0. The van der Waals surface area contributed by atoms with Gasteiger partial charge in [-0.3, -0.25) is 4.79 Å². The number of rotatable bonds is 6. The van der Waals surface area contributed by atoms with Gasteiger partial charge in [0.25, 0.3) is 0 Å². The number of phenolic OH excluding ortho intramolecular Hbond substituents is 4. The van der Waals surface area contributed by atoms with Gasteiger partial charge in [0.2, 0.25) is 0 Å². The van der Waals surface area contributed by atoms with Crippen LogP contribution in [0.25, 0.3) is 0 Å². The molecule has 0 amide bonds. The highest BCUT2D eigenvalue weighted by atomic mass is 16.3. The first kappa shape index (κ1) is 18.4. The summed E-state index contributed by atoms with van der Waals surface area (Å²) in [5.41, 5.74) is -0.399. The first-order valence-electron chi connectivity index (χ1n) is 7.57. The van der Waals surface area contributed by atoms with Crippen LogP contribution in [0, 0.1) is 0 Å². The predicted molar refractivity (Wildman–Crippen MR) is 92.2 cm³/mol. The molecule has 6 heteroatoms. The first-order valence-corrected chi connectivity index (χ1v) is 7.57. The van der Waals surface area contributed by atoms with Crippen LogP contribution in [0.5, 0.6) is 23.0 Å².